The number of aryl methyl sites for hydroxylation is 4. The second-order valence-corrected chi connectivity index (χ2v) is 29.6. The van der Waals surface area contributed by atoms with Crippen molar-refractivity contribution in [3.05, 3.63) is 193 Å². The normalized spacial score (nSPS) is 10.3. The third-order valence-corrected chi connectivity index (χ3v) is 20.6. The van der Waals surface area contributed by atoms with Crippen LogP contribution in [-0.2, 0) is 73.8 Å². The number of hydrogen-bond donors (Lipinski definition) is 7. The number of carbonyl (C=O) groups excluding carboxylic acids is 7. The Balaban J connectivity index is 0.000000154. The molecule has 0 unspecified atom stereocenters. The van der Waals surface area contributed by atoms with Crippen LogP contribution in [0.15, 0.2) is 160 Å². The first-order chi connectivity index (χ1) is 60.3. The number of rotatable bonds is 18. The highest BCUT2D eigenvalue weighted by atomic mass is 32.1. The Bertz CT molecular complexity index is 6440. The SMILES string of the molecule is CCOC(=O)NC(=S)Nc1cnccn1.CCOC(=O)Nc1nc2nccnc2s1.CCc1ccc2c(c1)nc(Nc1nc3nccnc3s1)n2C.Cn1c(Cc2nc3nccnc3s2)nc2cc(C(=O)CCCOCCO)ccc21.Cn1c(Cc2nc3nccnc3s2)nc2ccccc21.Nc1cnccn1.Nc1nc2nccnc2s1.O=C=O.O=C=O. The van der Waals surface area contributed by atoms with Crippen molar-refractivity contribution < 1.29 is 52.9 Å². The van der Waals surface area contributed by atoms with Gasteiger partial charge in [0.2, 0.25) is 5.95 Å². The number of ether oxygens (including phenoxy) is 3. The minimum absolute atomic E-state index is 0.00331. The molecule has 2 amide bonds. The van der Waals surface area contributed by atoms with Crippen LogP contribution in [0.4, 0.5) is 42.6 Å². The van der Waals surface area contributed by atoms with Gasteiger partial charge >= 0.3 is 24.5 Å². The number of thiocarbonyl (C=S) groups is 1. The fourth-order valence-corrected chi connectivity index (χ4v) is 14.7. The standard InChI is InChI=1S/C20H21N5O3S.C15H14N6S.C14H11N5S.C8H8N4O2S.C8H10N4O2S.C5H4N4S.C4H5N3.2CO2/c1-25-15-5-4-13(16(27)3-2-9-28-10-8-26)11-14(15)23-17(25)12-18-24-19-20(29-18)22-7-6-21-19;1-3-9-4-5-11-10(8-9)18-14(21(11)2)20-15-19-12-13(22-15)17-7-6-16-12;1-19-10-5-3-2-4-9(10)17-11(19)8-12-18-13-14(20-12)16-7-6-15-13;1-2-14-8(13)12-7-11-5-6(15-7)10-4-3-9-5;1-2-14-8(13)12-7(15)11-6-5-9-3-4-10-6;6-5-9-3-4(10-5)8-2-1-7-3;5-4-3-6-1-2-7-4;2*2-1-3/h4-7,11,26H,2-3,8-10,12H2,1H3;4-8H,3H2,1-2H3,(H,16,18,19,20);2-7H,8H2,1H3;3-4H,2H2,1H3,(H,9,11,12,13);3-5H,2H2,1H3,(H2,10,11,12,13,15);1-2H,(H2,6,7,9);1-3H,(H2,5,7);;. The lowest BCUT2D eigenvalue weighted by molar-refractivity contribution is -0.193. The monoisotopic (exact) mass is 1790 g/mol. The van der Waals surface area contributed by atoms with Crippen molar-refractivity contribution in [2.45, 2.75) is 52.9 Å². The summed E-state index contributed by atoms with van der Waals surface area (Å²) in [5, 5.41) is 23.2. The van der Waals surface area contributed by atoms with Crippen LogP contribution in [0.25, 0.3) is 85.5 Å². The molecule has 48 heteroatoms. The van der Waals surface area contributed by atoms with Crippen molar-refractivity contribution in [2.24, 2.45) is 21.1 Å². The molecule has 124 heavy (non-hydrogen) atoms. The van der Waals surface area contributed by atoms with Crippen LogP contribution >= 0.6 is 68.9 Å². The number of aliphatic hydroxyl groups excluding tert-OH is 1. The second kappa shape index (κ2) is 47.3. The largest absolute Gasteiger partial charge is 0.450 e. The summed E-state index contributed by atoms with van der Waals surface area (Å²) in [5.74, 6) is 3.63. The summed E-state index contributed by atoms with van der Waals surface area (Å²) in [4.78, 5) is 163. The molecule has 15 aromatic heterocycles. The first-order valence-corrected chi connectivity index (χ1v) is 41.2. The van der Waals surface area contributed by atoms with Crippen molar-refractivity contribution in [1.29, 1.82) is 0 Å². The zero-order chi connectivity index (χ0) is 88.1. The molecule has 3 aromatic carbocycles. The molecular weight excluding hydrogens is 1720 g/mol. The highest BCUT2D eigenvalue weighted by Gasteiger charge is 2.18. The Hall–Kier alpha value is -14.7. The predicted octanol–water partition coefficient (Wildman–Crippen LogP) is 10.5. The Morgan fingerprint density at radius 1 is 0.492 bits per heavy atom. The van der Waals surface area contributed by atoms with Crippen molar-refractivity contribution in [1.82, 2.24) is 129 Å². The molecular formula is C76H73N31O11S6. The highest BCUT2D eigenvalue weighted by Crippen LogP contribution is 2.30. The fourth-order valence-electron chi connectivity index (χ4n) is 10.6. The predicted molar refractivity (Wildman–Crippen MR) is 468 cm³/mol. The smallest absolute Gasteiger partial charge is 0.413 e. The zero-order valence-electron chi connectivity index (χ0n) is 66.4. The molecule has 18 aromatic rings. The lowest BCUT2D eigenvalue weighted by Gasteiger charge is -2.07. The average molecular weight is 1790 g/mol. The van der Waals surface area contributed by atoms with Gasteiger partial charge in [0.05, 0.1) is 84.8 Å². The first kappa shape index (κ1) is 91.6. The van der Waals surface area contributed by atoms with E-state index in [9.17, 15) is 14.4 Å². The molecule has 0 spiro atoms. The van der Waals surface area contributed by atoms with Crippen molar-refractivity contribution in [3.63, 3.8) is 0 Å². The maximum absolute atomic E-state index is 12.4. The number of aliphatic hydroxyl groups is 1. The number of para-hydroxylation sites is 2. The number of nitrogens with zero attached hydrogens (tertiary/aromatic N) is 25. The maximum Gasteiger partial charge on any atom is 0.413 e. The van der Waals surface area contributed by atoms with E-state index in [2.05, 4.69) is 166 Å². The van der Waals surface area contributed by atoms with Gasteiger partial charge < -0.3 is 55.1 Å². The lowest BCUT2D eigenvalue weighted by Crippen LogP contribution is -2.34. The van der Waals surface area contributed by atoms with Crippen molar-refractivity contribution in [2.75, 3.05) is 60.5 Å². The maximum atomic E-state index is 12.4. The molecule has 18 rings (SSSR count). The Labute approximate surface area is 726 Å². The number of Topliss-reactive ketones (excluding diaryl/α,β-unsaturated/α-hetero) is 1. The van der Waals surface area contributed by atoms with E-state index in [1.807, 2.05) is 66.7 Å². The van der Waals surface area contributed by atoms with Crippen LogP contribution < -0.4 is 32.7 Å². The van der Waals surface area contributed by atoms with Gasteiger partial charge in [0.15, 0.2) is 84.5 Å². The van der Waals surface area contributed by atoms with E-state index in [1.54, 1.807) is 99.5 Å². The summed E-state index contributed by atoms with van der Waals surface area (Å²) < 4.78 is 20.7. The van der Waals surface area contributed by atoms with Crippen molar-refractivity contribution >= 4 is 223 Å². The summed E-state index contributed by atoms with van der Waals surface area (Å²) in [6.45, 7) is 6.97. The minimum Gasteiger partial charge on any atom is -0.450 e. The molecule has 0 aliphatic rings. The van der Waals surface area contributed by atoms with Gasteiger partial charge in [0.1, 0.15) is 27.5 Å². The number of nitrogens with two attached hydrogens (primary N) is 2. The van der Waals surface area contributed by atoms with E-state index < -0.39 is 12.2 Å². The van der Waals surface area contributed by atoms with Gasteiger partial charge in [-0.05, 0) is 86.9 Å². The molecule has 0 atom stereocenters. The summed E-state index contributed by atoms with van der Waals surface area (Å²) in [7, 11) is 6.00. The fraction of sp³-hybridized carbons (Fsp3) is 0.211. The van der Waals surface area contributed by atoms with Crippen LogP contribution in [0.3, 0.4) is 0 Å². The van der Waals surface area contributed by atoms with Gasteiger partial charge in [-0.25, -0.2) is 94.3 Å². The number of amides is 2. The lowest BCUT2D eigenvalue weighted by atomic mass is 10.1. The molecule has 9 N–H and O–H groups in total. The third kappa shape index (κ3) is 26.9. The molecule has 634 valence electrons. The molecule has 0 aliphatic heterocycles. The summed E-state index contributed by atoms with van der Waals surface area (Å²) in [5.41, 5.74) is 21.7. The van der Waals surface area contributed by atoms with E-state index in [4.69, 9.17) is 62.4 Å². The van der Waals surface area contributed by atoms with E-state index >= 15 is 0 Å². The van der Waals surface area contributed by atoms with E-state index in [0.29, 0.717) is 113 Å². The number of alkyl carbamates (subject to hydrolysis) is 1. The van der Waals surface area contributed by atoms with E-state index in [-0.39, 0.29) is 29.8 Å². The second-order valence-electron chi connectivity index (χ2n) is 24.1. The number of nitrogen functional groups attached to an aromatic ring is 2. The van der Waals surface area contributed by atoms with Gasteiger partial charge in [-0.3, -0.25) is 25.4 Å². The number of benzene rings is 3. The molecule has 0 radical (unpaired) electrons. The van der Waals surface area contributed by atoms with Gasteiger partial charge in [-0.1, -0.05) is 81.8 Å². The number of imidazole rings is 3. The zero-order valence-corrected chi connectivity index (χ0v) is 71.3. The topological polar surface area (TPSA) is 566 Å². The number of aromatic nitrogens is 25. The molecule has 42 nitrogen and oxygen atoms in total. The van der Waals surface area contributed by atoms with Crippen LogP contribution in [-0.4, -0.2) is 197 Å². The molecule has 0 saturated carbocycles. The van der Waals surface area contributed by atoms with Gasteiger partial charge in [0, 0.05) is 126 Å². The van der Waals surface area contributed by atoms with Crippen LogP contribution in [0.5, 0.6) is 0 Å². The van der Waals surface area contributed by atoms with Crippen LogP contribution in [0, 0.1) is 0 Å². The van der Waals surface area contributed by atoms with Crippen LogP contribution in [0.1, 0.15) is 71.2 Å². The molecule has 0 aliphatic carbocycles. The summed E-state index contributed by atoms with van der Waals surface area (Å²) in [6.07, 6.45) is 28.2. The number of nitrogens with one attached hydrogen (secondary N) is 4. The van der Waals surface area contributed by atoms with E-state index in [1.165, 1.54) is 75.7 Å². The number of carbonyl (C=O) groups is 3. The summed E-state index contributed by atoms with van der Waals surface area (Å²) >= 11 is 12.0. The van der Waals surface area contributed by atoms with Gasteiger partial charge in [0.25, 0.3) is 0 Å². The Kier molecular flexibility index (Phi) is 34.9. The van der Waals surface area contributed by atoms with Crippen molar-refractivity contribution in [3.8, 4) is 0 Å². The Morgan fingerprint density at radius 3 is 1.49 bits per heavy atom. The highest BCUT2D eigenvalue weighted by molar-refractivity contribution is 7.80. The minimum atomic E-state index is -0.598. The number of anilines is 6. The van der Waals surface area contributed by atoms with E-state index in [0.717, 1.165) is 91.6 Å². The number of thiazole rings is 5. The number of hydrogen-bond acceptors (Lipinski definition) is 42. The first-order valence-electron chi connectivity index (χ1n) is 36.7. The molecule has 0 bridgehead atoms. The number of fused-ring (bicyclic) bond motifs is 8. The molecule has 0 fully saturated rings. The van der Waals surface area contributed by atoms with Crippen LogP contribution in [0.2, 0.25) is 0 Å². The Morgan fingerprint density at radius 2 is 0.976 bits per heavy atom. The number of ketones is 1. The average Bonchev–Trinajstić information content (AvgIpc) is 1.64. The third-order valence-electron chi connectivity index (χ3n) is 16.0. The molecule has 15 heterocycles. The molecule has 0 saturated heterocycles. The summed E-state index contributed by atoms with van der Waals surface area (Å²) in [6, 6.07) is 20.1. The van der Waals surface area contributed by atoms with Gasteiger partial charge in [-0.15, -0.1) is 0 Å². The van der Waals surface area contributed by atoms with Gasteiger partial charge in [-0.2, -0.15) is 34.1 Å². The quantitative estimate of drug-likeness (QED) is 0.0238.